The average Bonchev–Trinajstić information content (AvgIpc) is 2.76. The molecular formula is C11H10F3N3. The summed E-state index contributed by atoms with van der Waals surface area (Å²) in [5.41, 5.74) is -0.110. The van der Waals surface area contributed by atoms with Gasteiger partial charge in [-0.3, -0.25) is 5.10 Å². The maximum Gasteiger partial charge on any atom is 0.416 e. The molecule has 0 spiro atoms. The van der Waals surface area contributed by atoms with Gasteiger partial charge in [-0.15, -0.1) is 0 Å². The van der Waals surface area contributed by atoms with Crippen molar-refractivity contribution in [2.24, 2.45) is 0 Å². The van der Waals surface area contributed by atoms with E-state index in [1.54, 1.807) is 0 Å². The van der Waals surface area contributed by atoms with Crippen LogP contribution in [-0.2, 0) is 12.6 Å². The first-order valence-corrected chi connectivity index (χ1v) is 5.09. The molecule has 0 saturated heterocycles. The van der Waals surface area contributed by atoms with Gasteiger partial charge in [-0.2, -0.15) is 18.3 Å². The summed E-state index contributed by atoms with van der Waals surface area (Å²) in [5.74, 6) is 1.12. The van der Waals surface area contributed by atoms with Gasteiger partial charge >= 0.3 is 6.18 Å². The molecule has 17 heavy (non-hydrogen) atoms. The van der Waals surface area contributed by atoms with Crippen LogP contribution in [-0.4, -0.2) is 15.2 Å². The van der Waals surface area contributed by atoms with Crippen molar-refractivity contribution in [1.82, 2.24) is 15.2 Å². The van der Waals surface area contributed by atoms with Crippen molar-refractivity contribution in [3.05, 3.63) is 35.7 Å². The van der Waals surface area contributed by atoms with E-state index in [9.17, 15) is 13.2 Å². The zero-order valence-corrected chi connectivity index (χ0v) is 9.04. The highest BCUT2D eigenvalue weighted by Crippen LogP contribution is 2.30. The van der Waals surface area contributed by atoms with Crippen molar-refractivity contribution in [2.75, 3.05) is 0 Å². The Kier molecular flexibility index (Phi) is 2.87. The maximum atomic E-state index is 12.3. The highest BCUT2D eigenvalue weighted by molar-refractivity contribution is 5.55. The number of hydrogen-bond acceptors (Lipinski definition) is 2. The highest BCUT2D eigenvalue weighted by Gasteiger charge is 2.30. The number of aryl methyl sites for hydroxylation is 1. The second-order valence-corrected chi connectivity index (χ2v) is 3.53. The lowest BCUT2D eigenvalue weighted by atomic mass is 10.1. The lowest BCUT2D eigenvalue weighted by Gasteiger charge is -2.05. The van der Waals surface area contributed by atoms with Crippen molar-refractivity contribution in [3.63, 3.8) is 0 Å². The molecule has 0 aliphatic heterocycles. The van der Waals surface area contributed by atoms with E-state index in [1.165, 1.54) is 12.1 Å². The molecule has 0 amide bonds. The predicted octanol–water partition coefficient (Wildman–Crippen LogP) is 3.05. The van der Waals surface area contributed by atoms with Gasteiger partial charge in [0.15, 0.2) is 5.82 Å². The fourth-order valence-corrected chi connectivity index (χ4v) is 1.39. The average molecular weight is 241 g/mol. The Bertz CT molecular complexity index is 499. The van der Waals surface area contributed by atoms with Crippen LogP contribution >= 0.6 is 0 Å². The topological polar surface area (TPSA) is 41.6 Å². The Hall–Kier alpha value is -1.85. The van der Waals surface area contributed by atoms with Gasteiger partial charge in [-0.05, 0) is 12.1 Å². The quantitative estimate of drug-likeness (QED) is 0.877. The van der Waals surface area contributed by atoms with Gasteiger partial charge < -0.3 is 0 Å². The van der Waals surface area contributed by atoms with Gasteiger partial charge in [-0.25, -0.2) is 4.98 Å². The summed E-state index contributed by atoms with van der Waals surface area (Å²) in [5, 5.41) is 6.65. The van der Waals surface area contributed by atoms with Crippen LogP contribution in [0.15, 0.2) is 24.3 Å². The van der Waals surface area contributed by atoms with Crippen molar-refractivity contribution in [1.29, 1.82) is 0 Å². The minimum Gasteiger partial charge on any atom is -0.263 e. The fraction of sp³-hybridized carbons (Fsp3) is 0.273. The maximum absolute atomic E-state index is 12.3. The summed E-state index contributed by atoms with van der Waals surface area (Å²) in [4.78, 5) is 4.14. The molecule has 0 aliphatic carbocycles. The van der Waals surface area contributed by atoms with Gasteiger partial charge in [-0.1, -0.05) is 19.1 Å². The third kappa shape index (κ3) is 2.46. The van der Waals surface area contributed by atoms with Crippen LogP contribution in [0.3, 0.4) is 0 Å². The molecule has 1 heterocycles. The summed E-state index contributed by atoms with van der Waals surface area (Å²) in [6, 6.07) is 4.78. The minimum atomic E-state index is -4.31. The number of rotatable bonds is 2. The molecule has 0 bridgehead atoms. The van der Waals surface area contributed by atoms with Crippen LogP contribution in [0.25, 0.3) is 11.4 Å². The second kappa shape index (κ2) is 4.20. The molecule has 1 aromatic carbocycles. The Morgan fingerprint density at radius 3 is 2.29 bits per heavy atom. The molecule has 0 unspecified atom stereocenters. The number of aromatic nitrogens is 3. The smallest absolute Gasteiger partial charge is 0.263 e. The SMILES string of the molecule is CCc1nc(-c2ccc(C(F)(F)F)cc2)n[nH]1. The molecule has 0 radical (unpaired) electrons. The molecule has 1 N–H and O–H groups in total. The molecule has 3 nitrogen and oxygen atoms in total. The number of H-pyrrole nitrogens is 1. The number of alkyl halides is 3. The third-order valence-corrected chi connectivity index (χ3v) is 2.34. The number of nitrogens with one attached hydrogen (secondary N) is 1. The van der Waals surface area contributed by atoms with E-state index in [0.717, 1.165) is 12.1 Å². The molecular weight excluding hydrogens is 231 g/mol. The highest BCUT2D eigenvalue weighted by atomic mass is 19.4. The number of nitrogens with zero attached hydrogens (tertiary/aromatic N) is 2. The first kappa shape index (κ1) is 11.6. The molecule has 2 aromatic rings. The largest absolute Gasteiger partial charge is 0.416 e. The lowest BCUT2D eigenvalue weighted by Crippen LogP contribution is -2.04. The molecule has 0 atom stereocenters. The molecule has 2 rings (SSSR count). The third-order valence-electron chi connectivity index (χ3n) is 2.34. The summed E-state index contributed by atoms with van der Waals surface area (Å²) < 4.78 is 37.0. The van der Waals surface area contributed by atoms with Crippen LogP contribution in [0.2, 0.25) is 0 Å². The van der Waals surface area contributed by atoms with E-state index in [2.05, 4.69) is 15.2 Å². The molecule has 0 fully saturated rings. The van der Waals surface area contributed by atoms with Crippen LogP contribution in [0, 0.1) is 0 Å². The van der Waals surface area contributed by atoms with Crippen LogP contribution in [0.1, 0.15) is 18.3 Å². The van der Waals surface area contributed by atoms with E-state index in [0.29, 0.717) is 23.6 Å². The first-order valence-electron chi connectivity index (χ1n) is 5.09. The predicted molar refractivity (Wildman–Crippen MR) is 56.2 cm³/mol. The fourth-order valence-electron chi connectivity index (χ4n) is 1.39. The Labute approximate surface area is 95.7 Å². The summed E-state index contributed by atoms with van der Waals surface area (Å²) in [7, 11) is 0. The molecule has 0 aliphatic rings. The zero-order valence-electron chi connectivity index (χ0n) is 9.04. The van der Waals surface area contributed by atoms with Crippen molar-refractivity contribution in [3.8, 4) is 11.4 Å². The molecule has 1 aromatic heterocycles. The first-order chi connectivity index (χ1) is 8.00. The van der Waals surface area contributed by atoms with Crippen LogP contribution in [0.5, 0.6) is 0 Å². The van der Waals surface area contributed by atoms with Gasteiger partial charge in [0.1, 0.15) is 5.82 Å². The van der Waals surface area contributed by atoms with Gasteiger partial charge in [0, 0.05) is 12.0 Å². The zero-order chi connectivity index (χ0) is 12.5. The summed E-state index contributed by atoms with van der Waals surface area (Å²) >= 11 is 0. The van der Waals surface area contributed by atoms with E-state index in [1.807, 2.05) is 6.92 Å². The van der Waals surface area contributed by atoms with Gasteiger partial charge in [0.2, 0.25) is 0 Å². The van der Waals surface area contributed by atoms with Crippen molar-refractivity contribution < 1.29 is 13.2 Å². The van der Waals surface area contributed by atoms with Crippen molar-refractivity contribution in [2.45, 2.75) is 19.5 Å². The molecule has 0 saturated carbocycles. The standard InChI is InChI=1S/C11H10F3N3/c1-2-9-15-10(17-16-9)7-3-5-8(6-4-7)11(12,13)14/h3-6H,2H2,1H3,(H,15,16,17). The van der Waals surface area contributed by atoms with Crippen LogP contribution < -0.4 is 0 Å². The monoisotopic (exact) mass is 241 g/mol. The van der Waals surface area contributed by atoms with Crippen molar-refractivity contribution >= 4 is 0 Å². The van der Waals surface area contributed by atoms with E-state index in [-0.39, 0.29) is 0 Å². The van der Waals surface area contributed by atoms with Gasteiger partial charge in [0.25, 0.3) is 0 Å². The Morgan fingerprint density at radius 2 is 1.82 bits per heavy atom. The number of aromatic amines is 1. The van der Waals surface area contributed by atoms with Crippen LogP contribution in [0.4, 0.5) is 13.2 Å². The number of halogens is 3. The second-order valence-electron chi connectivity index (χ2n) is 3.53. The lowest BCUT2D eigenvalue weighted by molar-refractivity contribution is -0.137. The van der Waals surface area contributed by atoms with E-state index < -0.39 is 11.7 Å². The van der Waals surface area contributed by atoms with Gasteiger partial charge in [0.05, 0.1) is 5.56 Å². The Morgan fingerprint density at radius 1 is 1.18 bits per heavy atom. The Balaban J connectivity index is 2.29. The van der Waals surface area contributed by atoms with E-state index in [4.69, 9.17) is 0 Å². The molecule has 90 valence electrons. The summed E-state index contributed by atoms with van der Waals surface area (Å²) in [6.07, 6.45) is -3.61. The minimum absolute atomic E-state index is 0.413. The number of benzene rings is 1. The number of hydrogen-bond donors (Lipinski definition) is 1. The molecule has 6 heteroatoms. The normalized spacial score (nSPS) is 11.8. The van der Waals surface area contributed by atoms with E-state index >= 15 is 0 Å². The summed E-state index contributed by atoms with van der Waals surface area (Å²) in [6.45, 7) is 1.91.